The van der Waals surface area contributed by atoms with Crippen LogP contribution in [0.15, 0.2) is 30.5 Å². The molecule has 2 heterocycles. The molecule has 0 spiro atoms. The number of aliphatic hydroxyl groups is 1. The van der Waals surface area contributed by atoms with Gasteiger partial charge in [-0.15, -0.1) is 0 Å². The Bertz CT molecular complexity index is 726. The van der Waals surface area contributed by atoms with Crippen molar-refractivity contribution >= 4 is 12.6 Å². The van der Waals surface area contributed by atoms with Crippen LogP contribution in [-0.4, -0.2) is 40.3 Å². The highest BCUT2D eigenvalue weighted by atomic mass is 16.7. The summed E-state index contributed by atoms with van der Waals surface area (Å²) in [7, 11) is 1.11. The average molecular weight is 330 g/mol. The maximum absolute atomic E-state index is 9.19. The first-order chi connectivity index (χ1) is 11.3. The Morgan fingerprint density at radius 1 is 1.17 bits per heavy atom. The molecule has 1 fully saturated rings. The summed E-state index contributed by atoms with van der Waals surface area (Å²) in [5.74, 6) is 0.701. The standard InChI is InChI=1S/C17H23BN2O4/c1-16(2)17(3,4)24-18(23-16)14-10-13(6-7-15(14)22-5)20-9-8-12(11-21)19-20/h6-10,21H,11H2,1-5H3. The zero-order valence-corrected chi connectivity index (χ0v) is 14.7. The van der Waals surface area contributed by atoms with Gasteiger partial charge in [0.2, 0.25) is 0 Å². The number of rotatable bonds is 4. The molecule has 0 saturated carbocycles. The van der Waals surface area contributed by atoms with Gasteiger partial charge in [0.25, 0.3) is 0 Å². The number of benzene rings is 1. The van der Waals surface area contributed by atoms with E-state index in [1.54, 1.807) is 24.1 Å². The largest absolute Gasteiger partial charge is 0.498 e. The molecule has 2 aromatic rings. The summed E-state index contributed by atoms with van der Waals surface area (Å²) in [6.45, 7) is 7.98. The van der Waals surface area contributed by atoms with Crippen molar-refractivity contribution in [2.45, 2.75) is 45.5 Å². The third kappa shape index (κ3) is 2.83. The molecule has 0 radical (unpaired) electrons. The van der Waals surface area contributed by atoms with Crippen molar-refractivity contribution in [1.82, 2.24) is 9.78 Å². The Hall–Kier alpha value is -1.83. The van der Waals surface area contributed by atoms with Crippen molar-refractivity contribution in [1.29, 1.82) is 0 Å². The topological polar surface area (TPSA) is 65.7 Å². The number of nitrogens with zero attached hydrogens (tertiary/aromatic N) is 2. The lowest BCUT2D eigenvalue weighted by molar-refractivity contribution is 0.00578. The third-order valence-electron chi connectivity index (χ3n) is 4.79. The number of methoxy groups -OCH3 is 1. The molecule has 3 rings (SSSR count). The lowest BCUT2D eigenvalue weighted by Crippen LogP contribution is -2.41. The van der Waals surface area contributed by atoms with E-state index in [4.69, 9.17) is 14.0 Å². The monoisotopic (exact) mass is 330 g/mol. The highest BCUT2D eigenvalue weighted by Crippen LogP contribution is 2.37. The fraction of sp³-hybridized carbons (Fsp3) is 0.471. The lowest BCUT2D eigenvalue weighted by Gasteiger charge is -2.32. The predicted molar refractivity (Wildman–Crippen MR) is 91.8 cm³/mol. The van der Waals surface area contributed by atoms with E-state index in [0.29, 0.717) is 11.4 Å². The first-order valence-electron chi connectivity index (χ1n) is 7.97. The van der Waals surface area contributed by atoms with Gasteiger partial charge in [0.05, 0.1) is 36.3 Å². The minimum Gasteiger partial charge on any atom is -0.497 e. The van der Waals surface area contributed by atoms with Crippen LogP contribution in [0, 0.1) is 0 Å². The third-order valence-corrected chi connectivity index (χ3v) is 4.79. The molecule has 1 aromatic heterocycles. The summed E-state index contributed by atoms with van der Waals surface area (Å²) in [5, 5.41) is 13.5. The molecule has 6 nitrogen and oxygen atoms in total. The Kier molecular flexibility index (Phi) is 4.19. The van der Waals surface area contributed by atoms with Gasteiger partial charge in [0.15, 0.2) is 0 Å². The second kappa shape index (κ2) is 5.91. The van der Waals surface area contributed by atoms with E-state index in [1.807, 2.05) is 45.9 Å². The number of aliphatic hydroxyl groups excluding tert-OH is 1. The van der Waals surface area contributed by atoms with Crippen LogP contribution >= 0.6 is 0 Å². The number of hydrogen-bond donors (Lipinski definition) is 1. The van der Waals surface area contributed by atoms with Crippen molar-refractivity contribution in [2.24, 2.45) is 0 Å². The molecule has 1 saturated heterocycles. The smallest absolute Gasteiger partial charge is 0.497 e. The second-order valence-electron chi connectivity index (χ2n) is 6.92. The molecule has 24 heavy (non-hydrogen) atoms. The molecule has 1 N–H and O–H groups in total. The molecule has 1 aliphatic rings. The fourth-order valence-electron chi connectivity index (χ4n) is 2.61. The summed E-state index contributed by atoms with van der Waals surface area (Å²) in [6, 6.07) is 7.49. The van der Waals surface area contributed by atoms with Crippen LogP contribution in [0.4, 0.5) is 0 Å². The van der Waals surface area contributed by atoms with Gasteiger partial charge in [-0.25, -0.2) is 4.68 Å². The Labute approximate surface area is 142 Å². The van der Waals surface area contributed by atoms with Gasteiger partial charge in [-0.3, -0.25) is 0 Å². The average Bonchev–Trinajstić information content (AvgIpc) is 3.09. The summed E-state index contributed by atoms with van der Waals surface area (Å²) in [4.78, 5) is 0. The minimum absolute atomic E-state index is 0.0900. The van der Waals surface area contributed by atoms with Crippen LogP contribution < -0.4 is 10.2 Å². The van der Waals surface area contributed by atoms with E-state index in [2.05, 4.69) is 5.10 Å². The SMILES string of the molecule is COc1ccc(-n2ccc(CO)n2)cc1B1OC(C)(C)C(C)(C)O1. The lowest BCUT2D eigenvalue weighted by atomic mass is 9.78. The van der Waals surface area contributed by atoms with E-state index in [0.717, 1.165) is 11.2 Å². The minimum atomic E-state index is -0.516. The molecule has 0 unspecified atom stereocenters. The van der Waals surface area contributed by atoms with Crippen LogP contribution in [0.25, 0.3) is 5.69 Å². The van der Waals surface area contributed by atoms with Gasteiger partial charge >= 0.3 is 7.12 Å². The highest BCUT2D eigenvalue weighted by Gasteiger charge is 2.52. The molecule has 0 amide bonds. The molecular weight excluding hydrogens is 307 g/mol. The summed E-state index contributed by atoms with van der Waals surface area (Å²) in [5.41, 5.74) is 1.43. The quantitative estimate of drug-likeness (QED) is 0.864. The van der Waals surface area contributed by atoms with Crippen LogP contribution in [0.5, 0.6) is 5.75 Å². The van der Waals surface area contributed by atoms with Crippen molar-refractivity contribution in [2.75, 3.05) is 7.11 Å². The van der Waals surface area contributed by atoms with E-state index in [1.165, 1.54) is 0 Å². The highest BCUT2D eigenvalue weighted by molar-refractivity contribution is 6.63. The van der Waals surface area contributed by atoms with Crippen molar-refractivity contribution in [3.05, 3.63) is 36.2 Å². The molecule has 0 bridgehead atoms. The molecular formula is C17H23BN2O4. The summed E-state index contributed by atoms with van der Waals surface area (Å²) in [6.07, 6.45) is 1.81. The van der Waals surface area contributed by atoms with Crippen molar-refractivity contribution < 1.29 is 19.2 Å². The van der Waals surface area contributed by atoms with Crippen LogP contribution in [-0.2, 0) is 15.9 Å². The van der Waals surface area contributed by atoms with Gasteiger partial charge < -0.3 is 19.2 Å². The summed E-state index contributed by atoms with van der Waals surface area (Å²) >= 11 is 0. The van der Waals surface area contributed by atoms with Gasteiger partial charge in [-0.1, -0.05) is 0 Å². The molecule has 7 heteroatoms. The summed E-state index contributed by atoms with van der Waals surface area (Å²) < 4.78 is 19.5. The molecule has 1 aliphatic heterocycles. The maximum atomic E-state index is 9.19. The first-order valence-corrected chi connectivity index (χ1v) is 7.97. The van der Waals surface area contributed by atoms with Crippen molar-refractivity contribution in [3.63, 3.8) is 0 Å². The van der Waals surface area contributed by atoms with E-state index in [-0.39, 0.29) is 6.61 Å². The Morgan fingerprint density at radius 2 is 1.83 bits per heavy atom. The number of aromatic nitrogens is 2. The molecule has 1 aromatic carbocycles. The van der Waals surface area contributed by atoms with Gasteiger partial charge in [0, 0.05) is 11.7 Å². The second-order valence-corrected chi connectivity index (χ2v) is 6.92. The van der Waals surface area contributed by atoms with E-state index < -0.39 is 18.3 Å². The zero-order valence-electron chi connectivity index (χ0n) is 14.7. The number of hydrogen-bond acceptors (Lipinski definition) is 5. The van der Waals surface area contributed by atoms with Gasteiger partial charge in [-0.2, -0.15) is 5.10 Å². The van der Waals surface area contributed by atoms with Crippen molar-refractivity contribution in [3.8, 4) is 11.4 Å². The van der Waals surface area contributed by atoms with E-state index >= 15 is 0 Å². The van der Waals surface area contributed by atoms with Crippen LogP contribution in [0.2, 0.25) is 0 Å². The zero-order chi connectivity index (χ0) is 17.5. The molecule has 0 aliphatic carbocycles. The van der Waals surface area contributed by atoms with Gasteiger partial charge in [-0.05, 0) is 52.0 Å². The molecule has 128 valence electrons. The van der Waals surface area contributed by atoms with Crippen LogP contribution in [0.3, 0.4) is 0 Å². The first kappa shape index (κ1) is 17.0. The fourth-order valence-corrected chi connectivity index (χ4v) is 2.61. The van der Waals surface area contributed by atoms with Crippen LogP contribution in [0.1, 0.15) is 33.4 Å². The predicted octanol–water partition coefficient (Wildman–Crippen LogP) is 1.67. The Balaban J connectivity index is 1.99. The van der Waals surface area contributed by atoms with E-state index in [9.17, 15) is 5.11 Å². The molecule has 0 atom stereocenters. The van der Waals surface area contributed by atoms with Gasteiger partial charge in [0.1, 0.15) is 5.75 Å². The Morgan fingerprint density at radius 3 is 2.38 bits per heavy atom. The maximum Gasteiger partial charge on any atom is 0.498 e. The normalized spacial score (nSPS) is 18.8. The number of ether oxygens (including phenoxy) is 1.